The lowest BCUT2D eigenvalue weighted by Gasteiger charge is -2.31. The molecule has 6 aromatic rings. The molecule has 1 atom stereocenters. The van der Waals surface area contributed by atoms with Crippen LogP contribution >= 0.6 is 0 Å². The summed E-state index contributed by atoms with van der Waals surface area (Å²) in [5.41, 5.74) is 21.4. The number of aryl methyl sites for hydroxylation is 4. The molecular formula is C60H75N. The van der Waals surface area contributed by atoms with E-state index in [9.17, 15) is 0 Å². The highest BCUT2D eigenvalue weighted by Gasteiger charge is 2.27. The molecule has 0 amide bonds. The zero-order valence-corrected chi connectivity index (χ0v) is 40.7. The Morgan fingerprint density at radius 1 is 0.426 bits per heavy atom. The molecule has 1 heteroatoms. The topological polar surface area (TPSA) is 3.24 Å². The Morgan fingerprint density at radius 3 is 1.20 bits per heavy atom. The summed E-state index contributed by atoms with van der Waals surface area (Å²) in [5, 5.41) is 0. The summed E-state index contributed by atoms with van der Waals surface area (Å²) in [6.07, 6.45) is 3.46. The maximum absolute atomic E-state index is 2.46. The van der Waals surface area contributed by atoms with Crippen LogP contribution in [0.15, 0.2) is 121 Å². The molecular weight excluding hydrogens is 735 g/mol. The second-order valence-electron chi connectivity index (χ2n) is 21.5. The van der Waals surface area contributed by atoms with E-state index in [0.717, 1.165) is 12.1 Å². The van der Waals surface area contributed by atoms with Gasteiger partial charge in [-0.05, 0) is 159 Å². The number of hydrogen-bond acceptors (Lipinski definition) is 1. The maximum Gasteiger partial charge on any atom is 0.0520 e. The van der Waals surface area contributed by atoms with Crippen LogP contribution in [0.25, 0.3) is 11.1 Å². The van der Waals surface area contributed by atoms with Gasteiger partial charge in [0.05, 0.1) is 5.69 Å². The van der Waals surface area contributed by atoms with Crippen molar-refractivity contribution in [2.45, 2.75) is 158 Å². The lowest BCUT2D eigenvalue weighted by atomic mass is 9.76. The fourth-order valence-corrected chi connectivity index (χ4v) is 9.37. The molecule has 6 rings (SSSR count). The first-order chi connectivity index (χ1) is 28.6. The molecule has 0 N–H and O–H groups in total. The minimum atomic E-state index is 0.0775. The van der Waals surface area contributed by atoms with E-state index < -0.39 is 0 Å². The third kappa shape index (κ3) is 9.78. The molecule has 0 saturated heterocycles. The van der Waals surface area contributed by atoms with E-state index in [-0.39, 0.29) is 27.6 Å². The first kappa shape index (κ1) is 45.6. The number of rotatable bonds is 12. The van der Waals surface area contributed by atoms with E-state index in [2.05, 4.69) is 237 Å². The molecule has 1 nitrogen and oxygen atoms in total. The summed E-state index contributed by atoms with van der Waals surface area (Å²) in [7, 11) is 0. The van der Waals surface area contributed by atoms with Crippen molar-refractivity contribution in [1.82, 2.24) is 0 Å². The Hall–Kier alpha value is -4.88. The molecule has 320 valence electrons. The van der Waals surface area contributed by atoms with Gasteiger partial charge in [0.2, 0.25) is 0 Å². The highest BCUT2D eigenvalue weighted by Crippen LogP contribution is 2.43. The minimum Gasteiger partial charge on any atom is -0.310 e. The zero-order valence-electron chi connectivity index (χ0n) is 40.7. The summed E-state index contributed by atoms with van der Waals surface area (Å²) in [6, 6.07) is 47.1. The fraction of sp³-hybridized carbons (Fsp3) is 0.400. The first-order valence-electron chi connectivity index (χ1n) is 23.0. The van der Waals surface area contributed by atoms with Crippen LogP contribution in [0, 0.1) is 27.7 Å². The Bertz CT molecular complexity index is 2380. The molecule has 61 heavy (non-hydrogen) atoms. The van der Waals surface area contributed by atoms with Crippen molar-refractivity contribution >= 4 is 17.1 Å². The van der Waals surface area contributed by atoms with Gasteiger partial charge in [0, 0.05) is 17.3 Å². The van der Waals surface area contributed by atoms with Crippen LogP contribution in [-0.2, 0) is 21.7 Å². The van der Waals surface area contributed by atoms with E-state index in [1.807, 2.05) is 0 Å². The first-order valence-corrected chi connectivity index (χ1v) is 23.0. The van der Waals surface area contributed by atoms with Crippen molar-refractivity contribution in [3.8, 4) is 11.1 Å². The molecule has 0 spiro atoms. The molecule has 0 saturated carbocycles. The van der Waals surface area contributed by atoms with Gasteiger partial charge in [-0.1, -0.05) is 187 Å². The largest absolute Gasteiger partial charge is 0.310 e. The van der Waals surface area contributed by atoms with E-state index in [4.69, 9.17) is 0 Å². The van der Waals surface area contributed by atoms with Crippen LogP contribution in [0.3, 0.4) is 0 Å². The molecule has 0 fully saturated rings. The number of anilines is 3. The molecule has 0 aliphatic carbocycles. The quantitative estimate of drug-likeness (QED) is 0.111. The van der Waals surface area contributed by atoms with Gasteiger partial charge in [-0.15, -0.1) is 0 Å². The summed E-state index contributed by atoms with van der Waals surface area (Å²) in [6.45, 7) is 37.0. The van der Waals surface area contributed by atoms with Gasteiger partial charge in [-0.25, -0.2) is 0 Å². The predicted octanol–water partition coefficient (Wildman–Crippen LogP) is 17.6. The van der Waals surface area contributed by atoms with Crippen molar-refractivity contribution < 1.29 is 0 Å². The van der Waals surface area contributed by atoms with Gasteiger partial charge in [0.1, 0.15) is 0 Å². The molecule has 0 aromatic heterocycles. The third-order valence-corrected chi connectivity index (χ3v) is 13.7. The van der Waals surface area contributed by atoms with E-state index in [1.165, 1.54) is 96.5 Å². The Labute approximate surface area is 371 Å². The normalized spacial score (nSPS) is 13.0. The number of nitrogens with zero attached hydrogens (tertiary/aromatic N) is 1. The monoisotopic (exact) mass is 810 g/mol. The summed E-state index contributed by atoms with van der Waals surface area (Å²) < 4.78 is 0. The van der Waals surface area contributed by atoms with Crippen LogP contribution in [0.1, 0.15) is 169 Å². The Balaban J connectivity index is 1.40. The minimum absolute atomic E-state index is 0.0775. The van der Waals surface area contributed by atoms with Crippen molar-refractivity contribution in [1.29, 1.82) is 0 Å². The van der Waals surface area contributed by atoms with Gasteiger partial charge in [-0.3, -0.25) is 0 Å². The van der Waals surface area contributed by atoms with Gasteiger partial charge < -0.3 is 4.90 Å². The smallest absolute Gasteiger partial charge is 0.0520 e. The predicted molar refractivity (Wildman–Crippen MR) is 268 cm³/mol. The molecule has 6 aromatic carbocycles. The average Bonchev–Trinajstić information content (AvgIpc) is 3.20. The summed E-state index contributed by atoms with van der Waals surface area (Å²) >= 11 is 0. The summed E-state index contributed by atoms with van der Waals surface area (Å²) in [5.74, 6) is 0.132. The molecule has 0 bridgehead atoms. The van der Waals surface area contributed by atoms with Crippen molar-refractivity contribution in [3.63, 3.8) is 0 Å². The van der Waals surface area contributed by atoms with Gasteiger partial charge >= 0.3 is 0 Å². The lowest BCUT2D eigenvalue weighted by Crippen LogP contribution is -2.17. The lowest BCUT2D eigenvalue weighted by molar-refractivity contribution is 0.473. The van der Waals surface area contributed by atoms with Crippen LogP contribution in [-0.4, -0.2) is 0 Å². The number of benzene rings is 6. The Morgan fingerprint density at radius 2 is 0.787 bits per heavy atom. The third-order valence-electron chi connectivity index (χ3n) is 13.7. The molecule has 0 aliphatic heterocycles. The van der Waals surface area contributed by atoms with E-state index in [0.29, 0.717) is 0 Å². The van der Waals surface area contributed by atoms with Crippen LogP contribution < -0.4 is 4.90 Å². The van der Waals surface area contributed by atoms with Gasteiger partial charge in [-0.2, -0.15) is 0 Å². The number of hydrogen-bond donors (Lipinski definition) is 0. The zero-order chi connectivity index (χ0) is 44.7. The standard InChI is InChI=1S/C60H75N/c1-17-35-60(15,16)49-27-23-47(24-28-49)55(54-40(3)36-50(37-41(54)4)57(7,8)9)46-21-19-44(20-22-46)45-25-31-52(32-26-45)61(53-33-29-48(30-34-53)59(13,14)18-2)56-42(5)38-51(39-43(56)6)58(10,11)12/h19-34,36-39,55H,17-18,35H2,1-16H3. The van der Waals surface area contributed by atoms with Crippen LogP contribution in [0.5, 0.6) is 0 Å². The summed E-state index contributed by atoms with van der Waals surface area (Å²) in [4.78, 5) is 2.46. The highest BCUT2D eigenvalue weighted by atomic mass is 15.1. The second-order valence-corrected chi connectivity index (χ2v) is 21.5. The van der Waals surface area contributed by atoms with Crippen molar-refractivity contribution in [2.75, 3.05) is 4.90 Å². The van der Waals surface area contributed by atoms with Crippen molar-refractivity contribution in [2.24, 2.45) is 0 Å². The fourth-order valence-electron chi connectivity index (χ4n) is 9.37. The highest BCUT2D eigenvalue weighted by molar-refractivity contribution is 5.82. The van der Waals surface area contributed by atoms with Crippen molar-refractivity contribution in [3.05, 3.63) is 183 Å². The van der Waals surface area contributed by atoms with Gasteiger partial charge in [0.25, 0.3) is 0 Å². The van der Waals surface area contributed by atoms with Crippen LogP contribution in [0.4, 0.5) is 17.1 Å². The van der Waals surface area contributed by atoms with E-state index in [1.54, 1.807) is 0 Å². The molecule has 0 radical (unpaired) electrons. The molecule has 0 aliphatic rings. The van der Waals surface area contributed by atoms with E-state index >= 15 is 0 Å². The maximum atomic E-state index is 2.46. The Kier molecular flexibility index (Phi) is 13.1. The van der Waals surface area contributed by atoms with Gasteiger partial charge in [0.15, 0.2) is 0 Å². The average molecular weight is 810 g/mol. The second kappa shape index (κ2) is 17.5. The molecule has 1 unspecified atom stereocenters. The van der Waals surface area contributed by atoms with Crippen LogP contribution in [0.2, 0.25) is 0 Å². The molecule has 0 heterocycles. The SMILES string of the molecule is CCCC(C)(C)c1ccc(C(c2ccc(-c3ccc(N(c4ccc(C(C)(C)CC)cc4)c4c(C)cc(C(C)(C)C)cc4C)cc3)cc2)c2c(C)cc(C(C)(C)C)cc2C)cc1.